The molecule has 7 nitrogen and oxygen atoms in total. The first kappa shape index (κ1) is 21.0. The van der Waals surface area contributed by atoms with Crippen LogP contribution >= 0.6 is 23.4 Å². The highest BCUT2D eigenvalue weighted by Gasteiger charge is 2.14. The van der Waals surface area contributed by atoms with Crippen molar-refractivity contribution in [3.05, 3.63) is 59.4 Å². The second kappa shape index (κ2) is 10.2. The number of aromatic nitrogens is 3. The monoisotopic (exact) mass is 432 g/mol. The predicted molar refractivity (Wildman–Crippen MR) is 114 cm³/mol. The van der Waals surface area contributed by atoms with Crippen molar-refractivity contribution in [2.45, 2.75) is 25.2 Å². The predicted octanol–water partition coefficient (Wildman–Crippen LogP) is 4.27. The summed E-state index contributed by atoms with van der Waals surface area (Å²) in [7, 11) is 1.59. The van der Waals surface area contributed by atoms with Crippen molar-refractivity contribution in [2.24, 2.45) is 0 Å². The van der Waals surface area contributed by atoms with E-state index in [0.717, 1.165) is 0 Å². The minimum absolute atomic E-state index is 0.132. The lowest BCUT2D eigenvalue weighted by Crippen LogP contribution is -2.15. The summed E-state index contributed by atoms with van der Waals surface area (Å²) in [6, 6.07) is 14.4. The van der Waals surface area contributed by atoms with E-state index in [9.17, 15) is 4.79 Å². The highest BCUT2D eigenvalue weighted by Crippen LogP contribution is 2.21. The molecule has 0 bridgehead atoms. The first-order valence-electron chi connectivity index (χ1n) is 8.96. The Morgan fingerprint density at radius 2 is 1.97 bits per heavy atom. The number of thioether (sulfide) groups is 1. The smallest absolute Gasteiger partial charge is 0.234 e. The van der Waals surface area contributed by atoms with Gasteiger partial charge in [0.05, 0.1) is 12.9 Å². The van der Waals surface area contributed by atoms with Crippen LogP contribution in [0.25, 0.3) is 0 Å². The lowest BCUT2D eigenvalue weighted by molar-refractivity contribution is -0.113. The molecule has 0 saturated carbocycles. The molecule has 0 saturated heterocycles. The number of benzene rings is 2. The molecule has 0 radical (unpaired) electrons. The van der Waals surface area contributed by atoms with Crippen LogP contribution < -0.4 is 14.8 Å². The Kier molecular flexibility index (Phi) is 7.37. The molecule has 0 atom stereocenters. The third-order valence-corrected chi connectivity index (χ3v) is 5.20. The number of anilines is 1. The Bertz CT molecular complexity index is 963. The zero-order chi connectivity index (χ0) is 20.6. The van der Waals surface area contributed by atoms with Gasteiger partial charge in [-0.3, -0.25) is 4.79 Å². The average Bonchev–Trinajstić information content (AvgIpc) is 3.13. The molecule has 2 aromatic carbocycles. The third-order valence-electron chi connectivity index (χ3n) is 3.98. The van der Waals surface area contributed by atoms with Gasteiger partial charge in [-0.15, -0.1) is 10.2 Å². The number of hydrogen-bond acceptors (Lipinski definition) is 6. The zero-order valence-electron chi connectivity index (χ0n) is 16.1. The Labute approximate surface area is 178 Å². The summed E-state index contributed by atoms with van der Waals surface area (Å²) in [5.74, 6) is 2.16. The Morgan fingerprint density at radius 1 is 1.17 bits per heavy atom. The molecule has 0 aliphatic rings. The lowest BCUT2D eigenvalue weighted by atomic mass is 10.3. The van der Waals surface area contributed by atoms with Crippen molar-refractivity contribution in [1.29, 1.82) is 0 Å². The summed E-state index contributed by atoms with van der Waals surface area (Å²) in [6.07, 6.45) is 0. The van der Waals surface area contributed by atoms with Gasteiger partial charge in [0.15, 0.2) is 11.0 Å². The lowest BCUT2D eigenvalue weighted by Gasteiger charge is -2.09. The second-order valence-corrected chi connectivity index (χ2v) is 7.33. The molecule has 1 amide bonds. The molecule has 0 spiro atoms. The number of hydrogen-bond donors (Lipinski definition) is 1. The molecule has 0 fully saturated rings. The van der Waals surface area contributed by atoms with Crippen molar-refractivity contribution in [1.82, 2.24) is 14.8 Å². The number of amides is 1. The van der Waals surface area contributed by atoms with E-state index >= 15 is 0 Å². The maximum Gasteiger partial charge on any atom is 0.234 e. The molecule has 29 heavy (non-hydrogen) atoms. The fourth-order valence-electron chi connectivity index (χ4n) is 2.56. The van der Waals surface area contributed by atoms with Gasteiger partial charge in [-0.05, 0) is 43.3 Å². The average molecular weight is 433 g/mol. The highest BCUT2D eigenvalue weighted by molar-refractivity contribution is 7.99. The molecule has 0 aliphatic carbocycles. The van der Waals surface area contributed by atoms with Crippen molar-refractivity contribution >= 4 is 35.0 Å². The highest BCUT2D eigenvalue weighted by atomic mass is 35.5. The van der Waals surface area contributed by atoms with Crippen molar-refractivity contribution in [2.75, 3.05) is 18.2 Å². The summed E-state index contributed by atoms with van der Waals surface area (Å²) in [5.41, 5.74) is 0.684. The third kappa shape index (κ3) is 5.88. The summed E-state index contributed by atoms with van der Waals surface area (Å²) < 4.78 is 12.8. The van der Waals surface area contributed by atoms with Crippen LogP contribution in [0.4, 0.5) is 5.69 Å². The van der Waals surface area contributed by atoms with E-state index in [4.69, 9.17) is 21.1 Å². The van der Waals surface area contributed by atoms with E-state index < -0.39 is 0 Å². The van der Waals surface area contributed by atoms with Gasteiger partial charge in [-0.25, -0.2) is 0 Å². The topological polar surface area (TPSA) is 78.3 Å². The molecule has 3 aromatic rings. The first-order valence-corrected chi connectivity index (χ1v) is 10.3. The van der Waals surface area contributed by atoms with Crippen LogP contribution in [0.1, 0.15) is 12.7 Å². The summed E-state index contributed by atoms with van der Waals surface area (Å²) >= 11 is 7.21. The minimum Gasteiger partial charge on any atom is -0.497 e. The van der Waals surface area contributed by atoms with Gasteiger partial charge in [0.25, 0.3) is 0 Å². The number of carbonyl (C=O) groups excluding carboxylic acids is 1. The molecule has 1 N–H and O–H groups in total. The van der Waals surface area contributed by atoms with Crippen molar-refractivity contribution in [3.8, 4) is 11.5 Å². The largest absolute Gasteiger partial charge is 0.497 e. The Balaban J connectivity index is 1.56. The van der Waals surface area contributed by atoms with Gasteiger partial charge in [0, 0.05) is 23.3 Å². The number of nitrogens with zero attached hydrogens (tertiary/aromatic N) is 3. The van der Waals surface area contributed by atoms with Crippen LogP contribution in [0.5, 0.6) is 11.5 Å². The molecule has 1 aromatic heterocycles. The summed E-state index contributed by atoms with van der Waals surface area (Å²) in [4.78, 5) is 12.3. The van der Waals surface area contributed by atoms with Crippen molar-refractivity contribution in [3.63, 3.8) is 0 Å². The minimum atomic E-state index is -0.132. The number of ether oxygens (including phenoxy) is 2. The van der Waals surface area contributed by atoms with Gasteiger partial charge in [0.1, 0.15) is 18.1 Å². The summed E-state index contributed by atoms with van der Waals surface area (Å²) in [6.45, 7) is 2.95. The number of methoxy groups -OCH3 is 1. The number of halogens is 1. The van der Waals surface area contributed by atoms with Crippen molar-refractivity contribution < 1.29 is 14.3 Å². The van der Waals surface area contributed by atoms with Gasteiger partial charge >= 0.3 is 0 Å². The van der Waals surface area contributed by atoms with E-state index in [-0.39, 0.29) is 18.3 Å². The molecule has 0 aliphatic heterocycles. The van der Waals surface area contributed by atoms with Gasteiger partial charge in [0.2, 0.25) is 5.91 Å². The molecule has 152 valence electrons. The van der Waals surface area contributed by atoms with E-state index in [0.29, 0.717) is 39.7 Å². The fraction of sp³-hybridized carbons (Fsp3) is 0.250. The molecule has 1 heterocycles. The number of carbonyl (C=O) groups is 1. The maximum absolute atomic E-state index is 12.3. The van der Waals surface area contributed by atoms with E-state index in [1.54, 1.807) is 37.4 Å². The number of rotatable bonds is 9. The normalized spacial score (nSPS) is 10.6. The van der Waals surface area contributed by atoms with Gasteiger partial charge in [-0.2, -0.15) is 0 Å². The molecular formula is C20H21ClN4O3S. The molecular weight excluding hydrogens is 412 g/mol. The van der Waals surface area contributed by atoms with Crippen LogP contribution in [0.15, 0.2) is 53.7 Å². The fourth-order valence-corrected chi connectivity index (χ4v) is 3.50. The van der Waals surface area contributed by atoms with Crippen LogP contribution in [0, 0.1) is 0 Å². The standard InChI is InChI=1S/C20H21ClN4O3S/c1-3-25-18(12-28-16-9-7-14(21)8-10-16)23-24-20(25)29-13-19(26)22-15-5-4-6-17(11-15)27-2/h4-11H,3,12-13H2,1-2H3,(H,22,26). The van der Waals surface area contributed by atoms with Crippen LogP contribution in [0.3, 0.4) is 0 Å². The van der Waals surface area contributed by atoms with E-state index in [1.165, 1.54) is 11.8 Å². The molecule has 9 heteroatoms. The van der Waals surface area contributed by atoms with Crippen LogP contribution in [-0.2, 0) is 17.9 Å². The van der Waals surface area contributed by atoms with Crippen LogP contribution in [-0.4, -0.2) is 33.5 Å². The Hall–Kier alpha value is -2.71. The number of nitrogens with one attached hydrogen (secondary N) is 1. The molecule has 0 unspecified atom stereocenters. The van der Waals surface area contributed by atoms with E-state index in [1.807, 2.05) is 29.7 Å². The van der Waals surface area contributed by atoms with E-state index in [2.05, 4.69) is 15.5 Å². The van der Waals surface area contributed by atoms with Gasteiger partial charge < -0.3 is 19.4 Å². The Morgan fingerprint density at radius 3 is 2.69 bits per heavy atom. The quantitative estimate of drug-likeness (QED) is 0.509. The van der Waals surface area contributed by atoms with Gasteiger partial charge in [-0.1, -0.05) is 29.4 Å². The van der Waals surface area contributed by atoms with Crippen LogP contribution in [0.2, 0.25) is 5.02 Å². The molecule has 3 rings (SSSR count). The first-order chi connectivity index (χ1) is 14.1. The maximum atomic E-state index is 12.3. The zero-order valence-corrected chi connectivity index (χ0v) is 17.7. The summed E-state index contributed by atoms with van der Waals surface area (Å²) in [5, 5.41) is 12.6. The second-order valence-electron chi connectivity index (χ2n) is 5.95. The SMILES string of the molecule is CCn1c(COc2ccc(Cl)cc2)nnc1SCC(=O)Nc1cccc(OC)c1.